The molecule has 1 aliphatic rings. The van der Waals surface area contributed by atoms with Crippen molar-refractivity contribution in [1.29, 1.82) is 0 Å². The number of β-lactam (4-membered cyclic amide) rings is 1. The minimum absolute atomic E-state index is 0.0867. The molecule has 4 rings (SSSR count). The first-order chi connectivity index (χ1) is 14.8. The van der Waals surface area contributed by atoms with E-state index in [2.05, 4.69) is 0 Å². The van der Waals surface area contributed by atoms with Gasteiger partial charge in [0.2, 0.25) is 5.91 Å². The van der Waals surface area contributed by atoms with Gasteiger partial charge in [-0.1, -0.05) is 24.3 Å². The first kappa shape index (κ1) is 20.8. The first-order valence-corrected chi connectivity index (χ1v) is 9.89. The largest absolute Gasteiger partial charge is 0.508 e. The van der Waals surface area contributed by atoms with E-state index in [9.17, 15) is 28.9 Å². The molecule has 0 bridgehead atoms. The number of benzene rings is 3. The van der Waals surface area contributed by atoms with Crippen LogP contribution in [0.15, 0.2) is 66.7 Å². The van der Waals surface area contributed by atoms with Crippen molar-refractivity contribution in [2.24, 2.45) is 5.92 Å². The number of aliphatic hydroxyl groups excluding tert-OH is 1. The Morgan fingerprint density at radius 2 is 1.61 bits per heavy atom. The van der Waals surface area contributed by atoms with E-state index in [0.29, 0.717) is 24.1 Å². The Balaban J connectivity index is 1.57. The Hall–Kier alpha value is -3.45. The van der Waals surface area contributed by atoms with Crippen molar-refractivity contribution in [1.82, 2.24) is 0 Å². The van der Waals surface area contributed by atoms with Gasteiger partial charge < -0.3 is 20.2 Å². The van der Waals surface area contributed by atoms with Gasteiger partial charge >= 0.3 is 0 Å². The van der Waals surface area contributed by atoms with Crippen LogP contribution in [-0.2, 0) is 4.79 Å². The van der Waals surface area contributed by atoms with E-state index in [1.165, 1.54) is 53.4 Å². The van der Waals surface area contributed by atoms with E-state index in [0.717, 1.165) is 11.6 Å². The zero-order chi connectivity index (χ0) is 22.1. The fourth-order valence-corrected chi connectivity index (χ4v) is 4.01. The Morgan fingerprint density at radius 3 is 2.26 bits per heavy atom. The normalized spacial score (nSPS) is 19.2. The number of carbonyl (C=O) groups excluding carboxylic acids is 1. The van der Waals surface area contributed by atoms with Crippen LogP contribution in [0.3, 0.4) is 0 Å². The van der Waals surface area contributed by atoms with Gasteiger partial charge in [0.05, 0.1) is 18.1 Å². The van der Waals surface area contributed by atoms with E-state index in [4.69, 9.17) is 0 Å². The summed E-state index contributed by atoms with van der Waals surface area (Å²) >= 11 is 0. The Morgan fingerprint density at radius 1 is 0.935 bits per heavy atom. The highest BCUT2D eigenvalue weighted by atomic mass is 19.1. The fraction of sp³-hybridized carbons (Fsp3) is 0.208. The number of anilines is 1. The maximum Gasteiger partial charge on any atom is 0.233 e. The average molecular weight is 425 g/mol. The zero-order valence-corrected chi connectivity index (χ0v) is 16.5. The number of aromatic hydroxyl groups is 2. The van der Waals surface area contributed by atoms with Crippen molar-refractivity contribution in [2.75, 3.05) is 4.90 Å². The molecule has 3 N–H and O–H groups in total. The monoisotopic (exact) mass is 425 g/mol. The molecular weight excluding hydrogens is 404 g/mol. The zero-order valence-electron chi connectivity index (χ0n) is 16.5. The molecule has 160 valence electrons. The van der Waals surface area contributed by atoms with Gasteiger partial charge in [-0.3, -0.25) is 4.79 Å². The summed E-state index contributed by atoms with van der Waals surface area (Å²) in [5.41, 5.74) is 1.69. The van der Waals surface area contributed by atoms with Gasteiger partial charge in [0, 0.05) is 11.8 Å². The van der Waals surface area contributed by atoms with Crippen LogP contribution >= 0.6 is 0 Å². The summed E-state index contributed by atoms with van der Waals surface area (Å²) in [6.45, 7) is 0. The number of phenolic OH excluding ortho intramolecular Hbond substituents is 2. The fourth-order valence-electron chi connectivity index (χ4n) is 4.01. The average Bonchev–Trinajstić information content (AvgIpc) is 2.75. The Labute approximate surface area is 177 Å². The number of halogens is 2. The van der Waals surface area contributed by atoms with Crippen LogP contribution < -0.4 is 4.90 Å². The minimum Gasteiger partial charge on any atom is -0.508 e. The third-order valence-corrected chi connectivity index (χ3v) is 5.66. The lowest BCUT2D eigenvalue weighted by atomic mass is 9.78. The van der Waals surface area contributed by atoms with Crippen LogP contribution in [-0.4, -0.2) is 21.2 Å². The number of hydrogen-bond acceptors (Lipinski definition) is 4. The van der Waals surface area contributed by atoms with Crippen LogP contribution in [0.5, 0.6) is 11.5 Å². The summed E-state index contributed by atoms with van der Waals surface area (Å²) in [7, 11) is 0. The van der Waals surface area contributed by atoms with E-state index in [1.807, 2.05) is 0 Å². The summed E-state index contributed by atoms with van der Waals surface area (Å²) < 4.78 is 26.6. The second kappa shape index (κ2) is 8.35. The molecule has 0 aromatic heterocycles. The number of amides is 1. The van der Waals surface area contributed by atoms with Crippen molar-refractivity contribution in [2.45, 2.75) is 25.0 Å². The van der Waals surface area contributed by atoms with E-state index < -0.39 is 35.4 Å². The van der Waals surface area contributed by atoms with Crippen LogP contribution in [0.2, 0.25) is 0 Å². The number of hydrogen-bond donors (Lipinski definition) is 3. The van der Waals surface area contributed by atoms with Crippen molar-refractivity contribution >= 4 is 11.6 Å². The molecule has 7 heteroatoms. The molecule has 3 aromatic rings. The van der Waals surface area contributed by atoms with Crippen molar-refractivity contribution in [3.63, 3.8) is 0 Å². The molecule has 31 heavy (non-hydrogen) atoms. The minimum atomic E-state index is -0.849. The van der Waals surface area contributed by atoms with Gasteiger partial charge in [-0.2, -0.15) is 0 Å². The van der Waals surface area contributed by atoms with E-state index in [1.54, 1.807) is 12.1 Å². The summed E-state index contributed by atoms with van der Waals surface area (Å²) in [6.07, 6.45) is -0.191. The molecule has 0 aliphatic carbocycles. The first-order valence-electron chi connectivity index (χ1n) is 9.89. The van der Waals surface area contributed by atoms with Crippen LogP contribution in [0, 0.1) is 17.6 Å². The second-order valence-electron chi connectivity index (χ2n) is 7.63. The Bertz CT molecular complexity index is 1090. The van der Waals surface area contributed by atoms with E-state index >= 15 is 0 Å². The number of aliphatic hydroxyl groups is 1. The third-order valence-electron chi connectivity index (χ3n) is 5.66. The molecule has 0 radical (unpaired) electrons. The van der Waals surface area contributed by atoms with Gasteiger partial charge in [0.15, 0.2) is 11.6 Å². The van der Waals surface area contributed by atoms with Crippen molar-refractivity contribution in [3.05, 3.63) is 89.5 Å². The molecule has 1 aliphatic heterocycles. The lowest BCUT2D eigenvalue weighted by molar-refractivity contribution is -0.131. The van der Waals surface area contributed by atoms with Gasteiger partial charge in [-0.15, -0.1) is 0 Å². The molecule has 1 saturated heterocycles. The van der Waals surface area contributed by atoms with Crippen molar-refractivity contribution in [3.8, 4) is 11.5 Å². The quantitative estimate of drug-likeness (QED) is 0.505. The topological polar surface area (TPSA) is 81.0 Å². The number of rotatable bonds is 6. The lowest BCUT2D eigenvalue weighted by Gasteiger charge is -2.48. The van der Waals surface area contributed by atoms with Crippen molar-refractivity contribution < 1.29 is 28.9 Å². The molecule has 1 heterocycles. The maximum absolute atomic E-state index is 13.5. The molecule has 1 amide bonds. The van der Waals surface area contributed by atoms with Crippen LogP contribution in [0.25, 0.3) is 0 Å². The van der Waals surface area contributed by atoms with Crippen LogP contribution in [0.4, 0.5) is 14.5 Å². The molecular formula is C24H21F2NO4. The SMILES string of the molecule is O=C1C(CCC(O)c2ccc(F)cc2)C(c2ccc(O)cc2)N1c1ccc(F)c(O)c1. The molecule has 3 unspecified atom stereocenters. The predicted molar refractivity (Wildman–Crippen MR) is 110 cm³/mol. The number of nitrogens with zero attached hydrogens (tertiary/aromatic N) is 1. The lowest BCUT2D eigenvalue weighted by Crippen LogP contribution is -2.55. The standard InChI is InChI=1S/C24H21F2NO4/c25-16-5-1-14(2-6-16)21(29)12-10-19-23(15-3-8-18(28)9-4-15)27(24(19)31)17-7-11-20(26)22(30)13-17/h1-9,11,13,19,21,23,28-30H,10,12H2. The highest BCUT2D eigenvalue weighted by Crippen LogP contribution is 2.47. The van der Waals surface area contributed by atoms with Gasteiger partial charge in [-0.05, 0) is 60.4 Å². The van der Waals surface area contributed by atoms with Gasteiger partial charge in [0.25, 0.3) is 0 Å². The number of carbonyl (C=O) groups is 1. The molecule has 0 spiro atoms. The summed E-state index contributed by atoms with van der Waals surface area (Å²) in [6, 6.07) is 15.3. The smallest absolute Gasteiger partial charge is 0.233 e. The molecule has 3 atom stereocenters. The van der Waals surface area contributed by atoms with Crippen LogP contribution in [0.1, 0.15) is 36.1 Å². The molecule has 3 aromatic carbocycles. The highest BCUT2D eigenvalue weighted by molar-refractivity contribution is 6.03. The Kier molecular flexibility index (Phi) is 5.61. The van der Waals surface area contributed by atoms with Gasteiger partial charge in [-0.25, -0.2) is 8.78 Å². The summed E-state index contributed by atoms with van der Waals surface area (Å²) in [5, 5.41) is 29.8. The van der Waals surface area contributed by atoms with Gasteiger partial charge in [0.1, 0.15) is 11.6 Å². The predicted octanol–water partition coefficient (Wildman–Crippen LogP) is 4.59. The number of phenols is 2. The molecule has 5 nitrogen and oxygen atoms in total. The molecule has 0 saturated carbocycles. The van der Waals surface area contributed by atoms with E-state index in [-0.39, 0.29) is 11.7 Å². The second-order valence-corrected chi connectivity index (χ2v) is 7.63. The maximum atomic E-state index is 13.5. The summed E-state index contributed by atoms with van der Waals surface area (Å²) in [5.74, 6) is -2.30. The highest BCUT2D eigenvalue weighted by Gasteiger charge is 2.48. The third kappa shape index (κ3) is 4.09. The summed E-state index contributed by atoms with van der Waals surface area (Å²) in [4.78, 5) is 14.4. The molecule has 1 fully saturated rings.